The lowest BCUT2D eigenvalue weighted by Crippen LogP contribution is -2.35. The monoisotopic (exact) mass is 257 g/mol. The Morgan fingerprint density at radius 1 is 1.11 bits per heavy atom. The van der Waals surface area contributed by atoms with E-state index in [9.17, 15) is 5.11 Å². The van der Waals surface area contributed by atoms with Crippen LogP contribution in [0, 0.1) is 11.8 Å². The first-order valence-electron chi connectivity index (χ1n) is 7.60. The predicted octanol–water partition coefficient (Wildman–Crippen LogP) is 2.58. The van der Waals surface area contributed by atoms with Crippen LogP contribution in [0.1, 0.15) is 52.9 Å². The van der Waals surface area contributed by atoms with Crippen molar-refractivity contribution in [3.63, 3.8) is 0 Å². The van der Waals surface area contributed by atoms with E-state index in [-0.39, 0.29) is 6.10 Å². The van der Waals surface area contributed by atoms with Gasteiger partial charge in [-0.15, -0.1) is 0 Å². The number of hydrogen-bond donors (Lipinski definition) is 2. The van der Waals surface area contributed by atoms with E-state index in [1.807, 2.05) is 0 Å². The van der Waals surface area contributed by atoms with Gasteiger partial charge in [0.2, 0.25) is 0 Å². The van der Waals surface area contributed by atoms with Gasteiger partial charge in [-0.05, 0) is 31.2 Å². The van der Waals surface area contributed by atoms with Crippen molar-refractivity contribution in [3.8, 4) is 0 Å². The molecule has 0 saturated heterocycles. The lowest BCUT2D eigenvalue weighted by Gasteiger charge is -2.24. The maximum atomic E-state index is 9.84. The zero-order chi connectivity index (χ0) is 13.4. The summed E-state index contributed by atoms with van der Waals surface area (Å²) in [6.45, 7) is 8.79. The van der Waals surface area contributed by atoms with Crippen LogP contribution in [-0.2, 0) is 4.74 Å². The molecule has 0 bridgehead atoms. The number of rotatable bonds is 8. The molecule has 0 aromatic heterocycles. The number of aliphatic hydroxyl groups is 1. The van der Waals surface area contributed by atoms with Crippen molar-refractivity contribution in [1.29, 1.82) is 0 Å². The van der Waals surface area contributed by atoms with Crippen LogP contribution in [0.4, 0.5) is 0 Å². The van der Waals surface area contributed by atoms with Gasteiger partial charge in [0, 0.05) is 6.54 Å². The average molecular weight is 257 g/mol. The van der Waals surface area contributed by atoms with Crippen LogP contribution >= 0.6 is 0 Å². The lowest BCUT2D eigenvalue weighted by molar-refractivity contribution is -0.0231. The Labute approximate surface area is 112 Å². The van der Waals surface area contributed by atoms with Gasteiger partial charge in [0.05, 0.1) is 18.8 Å². The van der Waals surface area contributed by atoms with Crippen molar-refractivity contribution < 1.29 is 9.84 Å². The third-order valence-electron chi connectivity index (χ3n) is 4.06. The molecule has 0 aromatic carbocycles. The maximum absolute atomic E-state index is 9.84. The second-order valence-electron chi connectivity index (χ2n) is 6.13. The molecule has 0 amide bonds. The van der Waals surface area contributed by atoms with Gasteiger partial charge >= 0.3 is 0 Å². The Morgan fingerprint density at radius 3 is 2.39 bits per heavy atom. The highest BCUT2D eigenvalue weighted by atomic mass is 16.5. The highest BCUT2D eigenvalue weighted by Gasteiger charge is 2.15. The van der Waals surface area contributed by atoms with E-state index in [0.717, 1.165) is 6.54 Å². The van der Waals surface area contributed by atoms with Crippen LogP contribution in [0.2, 0.25) is 0 Å². The Bertz CT molecular complexity index is 203. The molecule has 2 unspecified atom stereocenters. The van der Waals surface area contributed by atoms with Crippen molar-refractivity contribution in [1.82, 2.24) is 5.32 Å². The van der Waals surface area contributed by atoms with Crippen LogP contribution in [-0.4, -0.2) is 37.0 Å². The molecule has 0 radical (unpaired) electrons. The first-order valence-corrected chi connectivity index (χ1v) is 7.60. The molecule has 0 spiro atoms. The number of hydrogen-bond acceptors (Lipinski definition) is 3. The molecule has 1 saturated carbocycles. The maximum Gasteiger partial charge on any atom is 0.0897 e. The fourth-order valence-electron chi connectivity index (χ4n) is 2.25. The molecule has 3 heteroatoms. The molecule has 0 aromatic rings. The molecule has 0 aliphatic heterocycles. The first-order chi connectivity index (χ1) is 8.59. The molecular formula is C15H31NO2. The largest absolute Gasteiger partial charge is 0.389 e. The molecular weight excluding hydrogens is 226 g/mol. The summed E-state index contributed by atoms with van der Waals surface area (Å²) in [7, 11) is 0. The molecule has 1 fully saturated rings. The molecule has 2 N–H and O–H groups in total. The Hall–Kier alpha value is -0.120. The normalized spacial score (nSPS) is 21.2. The first kappa shape index (κ1) is 15.9. The number of aliphatic hydroxyl groups excluding tert-OH is 1. The van der Waals surface area contributed by atoms with Crippen LogP contribution in [0.15, 0.2) is 0 Å². The smallest absolute Gasteiger partial charge is 0.0897 e. The van der Waals surface area contributed by atoms with E-state index in [1.165, 1.54) is 32.1 Å². The van der Waals surface area contributed by atoms with Crippen LogP contribution < -0.4 is 5.32 Å². The van der Waals surface area contributed by atoms with Crippen molar-refractivity contribution in [2.45, 2.75) is 65.1 Å². The molecule has 108 valence electrons. The highest BCUT2D eigenvalue weighted by Crippen LogP contribution is 2.20. The van der Waals surface area contributed by atoms with Crippen LogP contribution in [0.25, 0.3) is 0 Å². The van der Waals surface area contributed by atoms with E-state index in [2.05, 4.69) is 26.1 Å². The summed E-state index contributed by atoms with van der Waals surface area (Å²) >= 11 is 0. The van der Waals surface area contributed by atoms with Gasteiger partial charge in [-0.1, -0.05) is 40.0 Å². The van der Waals surface area contributed by atoms with Crippen molar-refractivity contribution >= 4 is 0 Å². The summed E-state index contributed by atoms with van der Waals surface area (Å²) in [5.74, 6) is 1.34. The minimum Gasteiger partial charge on any atom is -0.389 e. The second-order valence-corrected chi connectivity index (χ2v) is 6.13. The third-order valence-corrected chi connectivity index (χ3v) is 4.06. The van der Waals surface area contributed by atoms with Crippen LogP contribution in [0.5, 0.6) is 0 Å². The topological polar surface area (TPSA) is 41.5 Å². The van der Waals surface area contributed by atoms with E-state index in [1.54, 1.807) is 0 Å². The predicted molar refractivity (Wildman–Crippen MR) is 75.7 cm³/mol. The minimum absolute atomic E-state index is 0.369. The Kier molecular flexibility index (Phi) is 7.87. The third kappa shape index (κ3) is 6.72. The van der Waals surface area contributed by atoms with Gasteiger partial charge in [-0.3, -0.25) is 0 Å². The summed E-state index contributed by atoms with van der Waals surface area (Å²) in [6, 6.07) is 0. The van der Waals surface area contributed by atoms with Crippen molar-refractivity contribution in [2.24, 2.45) is 11.8 Å². The van der Waals surface area contributed by atoms with E-state index in [0.29, 0.717) is 31.1 Å². The number of ether oxygens (including phenoxy) is 1. The molecule has 2 atom stereocenters. The zero-order valence-corrected chi connectivity index (χ0v) is 12.3. The summed E-state index contributed by atoms with van der Waals surface area (Å²) in [4.78, 5) is 0. The average Bonchev–Trinajstić information content (AvgIpc) is 2.37. The van der Waals surface area contributed by atoms with Gasteiger partial charge < -0.3 is 15.2 Å². The van der Waals surface area contributed by atoms with Gasteiger partial charge in [-0.2, -0.15) is 0 Å². The Morgan fingerprint density at radius 2 is 1.78 bits per heavy atom. The second kappa shape index (κ2) is 8.89. The molecule has 3 nitrogen and oxygen atoms in total. The molecule has 0 heterocycles. The lowest BCUT2D eigenvalue weighted by atomic mass is 9.98. The molecule has 18 heavy (non-hydrogen) atoms. The van der Waals surface area contributed by atoms with Gasteiger partial charge in [0.15, 0.2) is 0 Å². The summed E-state index contributed by atoms with van der Waals surface area (Å²) in [5, 5.41) is 13.2. The van der Waals surface area contributed by atoms with E-state index < -0.39 is 0 Å². The summed E-state index contributed by atoms with van der Waals surface area (Å²) in [6.07, 6.45) is 6.27. The SMILES string of the molecule is CC(C)C(C)CNCC(O)COC1CCCCC1. The molecule has 1 aliphatic carbocycles. The van der Waals surface area contributed by atoms with Gasteiger partial charge in [0.25, 0.3) is 0 Å². The number of nitrogens with one attached hydrogen (secondary N) is 1. The fourth-order valence-corrected chi connectivity index (χ4v) is 2.25. The molecule has 1 aliphatic rings. The standard InChI is InChI=1S/C15H31NO2/c1-12(2)13(3)9-16-10-14(17)11-18-15-7-5-4-6-8-15/h12-17H,4-11H2,1-3H3. The van der Waals surface area contributed by atoms with Gasteiger partial charge in [-0.25, -0.2) is 0 Å². The van der Waals surface area contributed by atoms with Crippen molar-refractivity contribution in [3.05, 3.63) is 0 Å². The zero-order valence-electron chi connectivity index (χ0n) is 12.3. The Balaban J connectivity index is 2.01. The van der Waals surface area contributed by atoms with Crippen LogP contribution in [0.3, 0.4) is 0 Å². The van der Waals surface area contributed by atoms with E-state index in [4.69, 9.17) is 4.74 Å². The quantitative estimate of drug-likeness (QED) is 0.702. The summed E-state index contributed by atoms with van der Waals surface area (Å²) in [5.41, 5.74) is 0. The highest BCUT2D eigenvalue weighted by molar-refractivity contribution is 4.68. The van der Waals surface area contributed by atoms with Crippen molar-refractivity contribution in [2.75, 3.05) is 19.7 Å². The molecule has 1 rings (SSSR count). The summed E-state index contributed by atoms with van der Waals surface area (Å²) < 4.78 is 5.76. The van der Waals surface area contributed by atoms with Gasteiger partial charge in [0.1, 0.15) is 0 Å². The fraction of sp³-hybridized carbons (Fsp3) is 1.00. The van der Waals surface area contributed by atoms with E-state index >= 15 is 0 Å². The minimum atomic E-state index is -0.369.